The van der Waals surface area contributed by atoms with Crippen molar-refractivity contribution in [3.63, 3.8) is 0 Å². The fraction of sp³-hybridized carbons (Fsp3) is 0.357. The zero-order chi connectivity index (χ0) is 13.1. The lowest BCUT2D eigenvalue weighted by molar-refractivity contribution is 0.725. The van der Waals surface area contributed by atoms with Crippen molar-refractivity contribution in [2.45, 2.75) is 19.3 Å². The van der Waals surface area contributed by atoms with Gasteiger partial charge in [-0.1, -0.05) is 6.07 Å². The number of aryl methyl sites for hydroxylation is 1. The Morgan fingerprint density at radius 3 is 2.95 bits per heavy atom. The van der Waals surface area contributed by atoms with Crippen LogP contribution < -0.4 is 10.6 Å². The van der Waals surface area contributed by atoms with Gasteiger partial charge in [-0.3, -0.25) is 0 Å². The van der Waals surface area contributed by atoms with E-state index in [1.807, 2.05) is 31.2 Å². The highest BCUT2D eigenvalue weighted by Crippen LogP contribution is 2.23. The first-order chi connectivity index (χ1) is 9.31. The molecule has 0 spiro atoms. The minimum absolute atomic E-state index is 0.492. The molecule has 2 aromatic heterocycles. The second-order valence-corrected chi connectivity index (χ2v) is 4.75. The van der Waals surface area contributed by atoms with Crippen LogP contribution in [0.1, 0.15) is 23.9 Å². The van der Waals surface area contributed by atoms with E-state index in [-0.39, 0.29) is 0 Å². The molecule has 0 aromatic carbocycles. The third-order valence-corrected chi connectivity index (χ3v) is 3.26. The Morgan fingerprint density at radius 2 is 2.21 bits per heavy atom. The molecular formula is C14H17N5. The molecule has 1 aliphatic heterocycles. The van der Waals surface area contributed by atoms with E-state index >= 15 is 0 Å². The summed E-state index contributed by atoms with van der Waals surface area (Å²) >= 11 is 0. The van der Waals surface area contributed by atoms with Gasteiger partial charge in [-0.2, -0.15) is 0 Å². The second-order valence-electron chi connectivity index (χ2n) is 4.75. The lowest BCUT2D eigenvalue weighted by Gasteiger charge is -2.11. The Labute approximate surface area is 112 Å². The van der Waals surface area contributed by atoms with Gasteiger partial charge in [0.15, 0.2) is 0 Å². The van der Waals surface area contributed by atoms with E-state index in [1.165, 1.54) is 0 Å². The Morgan fingerprint density at radius 1 is 1.26 bits per heavy atom. The summed E-state index contributed by atoms with van der Waals surface area (Å²) in [5.74, 6) is 2.90. The molecule has 3 rings (SSSR count). The number of hydrogen-bond acceptors (Lipinski definition) is 5. The molecule has 2 aromatic rings. The Kier molecular flexibility index (Phi) is 3.37. The van der Waals surface area contributed by atoms with Crippen LogP contribution in [-0.2, 0) is 0 Å². The number of anilines is 2. The lowest BCUT2D eigenvalue weighted by atomic mass is 10.0. The highest BCUT2D eigenvalue weighted by molar-refractivity contribution is 5.51. The molecule has 0 bridgehead atoms. The van der Waals surface area contributed by atoms with Crippen LogP contribution in [0, 0.1) is 6.92 Å². The first kappa shape index (κ1) is 12.0. The van der Waals surface area contributed by atoms with Crippen molar-refractivity contribution in [1.29, 1.82) is 0 Å². The summed E-state index contributed by atoms with van der Waals surface area (Å²) in [6, 6.07) is 7.80. The van der Waals surface area contributed by atoms with Gasteiger partial charge in [-0.25, -0.2) is 15.0 Å². The zero-order valence-corrected chi connectivity index (χ0v) is 10.9. The topological polar surface area (TPSA) is 62.7 Å². The van der Waals surface area contributed by atoms with Crippen LogP contribution in [0.5, 0.6) is 0 Å². The molecule has 2 N–H and O–H groups in total. The Balaban J connectivity index is 1.85. The third-order valence-electron chi connectivity index (χ3n) is 3.26. The van der Waals surface area contributed by atoms with Crippen molar-refractivity contribution in [2.24, 2.45) is 0 Å². The molecule has 19 heavy (non-hydrogen) atoms. The van der Waals surface area contributed by atoms with Crippen LogP contribution in [0.15, 0.2) is 30.5 Å². The highest BCUT2D eigenvalue weighted by atomic mass is 15.1. The molecule has 0 saturated carbocycles. The molecule has 1 atom stereocenters. The van der Waals surface area contributed by atoms with Gasteiger partial charge >= 0.3 is 0 Å². The first-order valence-electron chi connectivity index (χ1n) is 6.55. The van der Waals surface area contributed by atoms with Gasteiger partial charge in [-0.15, -0.1) is 0 Å². The van der Waals surface area contributed by atoms with Crippen molar-refractivity contribution in [3.05, 3.63) is 42.0 Å². The fourth-order valence-electron chi connectivity index (χ4n) is 2.34. The third kappa shape index (κ3) is 2.88. The fourth-order valence-corrected chi connectivity index (χ4v) is 2.34. The van der Waals surface area contributed by atoms with Gasteiger partial charge in [0.2, 0.25) is 0 Å². The monoisotopic (exact) mass is 255 g/mol. The number of aromatic nitrogens is 3. The molecule has 1 aliphatic rings. The van der Waals surface area contributed by atoms with Crippen LogP contribution in [0.3, 0.4) is 0 Å². The SMILES string of the molecule is Cc1nc(Nc2ccccn2)cc(C2CCNC2)n1. The predicted molar refractivity (Wildman–Crippen MR) is 74.5 cm³/mol. The van der Waals surface area contributed by atoms with Crippen LogP contribution >= 0.6 is 0 Å². The lowest BCUT2D eigenvalue weighted by Crippen LogP contribution is -2.10. The number of nitrogens with one attached hydrogen (secondary N) is 2. The van der Waals surface area contributed by atoms with Gasteiger partial charge in [0.05, 0.1) is 5.69 Å². The maximum absolute atomic E-state index is 4.55. The van der Waals surface area contributed by atoms with Crippen molar-refractivity contribution in [1.82, 2.24) is 20.3 Å². The van der Waals surface area contributed by atoms with E-state index < -0.39 is 0 Å². The summed E-state index contributed by atoms with van der Waals surface area (Å²) in [7, 11) is 0. The van der Waals surface area contributed by atoms with Crippen LogP contribution in [-0.4, -0.2) is 28.0 Å². The molecular weight excluding hydrogens is 238 g/mol. The van der Waals surface area contributed by atoms with Crippen LogP contribution in [0.25, 0.3) is 0 Å². The van der Waals surface area contributed by atoms with E-state index in [4.69, 9.17) is 0 Å². The van der Waals surface area contributed by atoms with Gasteiger partial charge in [0, 0.05) is 24.7 Å². The largest absolute Gasteiger partial charge is 0.325 e. The van der Waals surface area contributed by atoms with Crippen molar-refractivity contribution in [2.75, 3.05) is 18.4 Å². The standard InChI is InChI=1S/C14H17N5/c1-10-17-12(11-5-7-15-9-11)8-14(18-10)19-13-4-2-3-6-16-13/h2-4,6,8,11,15H,5,7,9H2,1H3,(H,16,17,18,19). The van der Waals surface area contributed by atoms with Crippen LogP contribution in [0.4, 0.5) is 11.6 Å². The predicted octanol–water partition coefficient (Wildman–Crippen LogP) is 2.00. The van der Waals surface area contributed by atoms with E-state index in [2.05, 4.69) is 25.6 Å². The summed E-state index contributed by atoms with van der Waals surface area (Å²) in [6.07, 6.45) is 2.90. The smallest absolute Gasteiger partial charge is 0.135 e. The summed E-state index contributed by atoms with van der Waals surface area (Å²) in [6.45, 7) is 3.99. The normalized spacial score (nSPS) is 18.5. The van der Waals surface area contributed by atoms with Gasteiger partial charge in [0.25, 0.3) is 0 Å². The molecule has 1 saturated heterocycles. The number of pyridine rings is 1. The average molecular weight is 255 g/mol. The van der Waals surface area contributed by atoms with Gasteiger partial charge < -0.3 is 10.6 Å². The molecule has 98 valence electrons. The van der Waals surface area contributed by atoms with E-state index in [9.17, 15) is 0 Å². The molecule has 0 amide bonds. The summed E-state index contributed by atoms with van der Waals surface area (Å²) in [5.41, 5.74) is 1.11. The number of hydrogen-bond donors (Lipinski definition) is 2. The maximum Gasteiger partial charge on any atom is 0.135 e. The molecule has 0 aliphatic carbocycles. The van der Waals surface area contributed by atoms with E-state index in [0.29, 0.717) is 5.92 Å². The summed E-state index contributed by atoms with van der Waals surface area (Å²) in [5, 5.41) is 6.59. The second kappa shape index (κ2) is 5.32. The summed E-state index contributed by atoms with van der Waals surface area (Å²) < 4.78 is 0. The average Bonchev–Trinajstić information content (AvgIpc) is 2.93. The minimum atomic E-state index is 0.492. The quantitative estimate of drug-likeness (QED) is 0.878. The van der Waals surface area contributed by atoms with Crippen molar-refractivity contribution >= 4 is 11.6 Å². The Hall–Kier alpha value is -2.01. The molecule has 1 unspecified atom stereocenters. The first-order valence-corrected chi connectivity index (χ1v) is 6.55. The van der Waals surface area contributed by atoms with Crippen LogP contribution in [0.2, 0.25) is 0 Å². The maximum atomic E-state index is 4.55. The van der Waals surface area contributed by atoms with E-state index in [1.54, 1.807) is 6.20 Å². The Bertz CT molecular complexity index is 549. The summed E-state index contributed by atoms with van der Waals surface area (Å²) in [4.78, 5) is 13.2. The molecule has 1 fully saturated rings. The van der Waals surface area contributed by atoms with E-state index in [0.717, 1.165) is 42.7 Å². The van der Waals surface area contributed by atoms with Crippen molar-refractivity contribution < 1.29 is 0 Å². The molecule has 5 heteroatoms. The van der Waals surface area contributed by atoms with Gasteiger partial charge in [0.1, 0.15) is 17.5 Å². The molecule has 3 heterocycles. The van der Waals surface area contributed by atoms with Gasteiger partial charge in [-0.05, 0) is 32.0 Å². The molecule has 0 radical (unpaired) electrons. The minimum Gasteiger partial charge on any atom is -0.325 e. The highest BCUT2D eigenvalue weighted by Gasteiger charge is 2.19. The number of nitrogens with zero attached hydrogens (tertiary/aromatic N) is 3. The molecule has 5 nitrogen and oxygen atoms in total. The zero-order valence-electron chi connectivity index (χ0n) is 10.9. The van der Waals surface area contributed by atoms with Crippen molar-refractivity contribution in [3.8, 4) is 0 Å². The number of rotatable bonds is 3.